The third-order valence-electron chi connectivity index (χ3n) is 4.45. The van der Waals surface area contributed by atoms with Crippen LogP contribution in [0.3, 0.4) is 0 Å². The number of hydrogen-bond acceptors (Lipinski definition) is 4. The summed E-state index contributed by atoms with van der Waals surface area (Å²) in [5.74, 6) is 1.31. The lowest BCUT2D eigenvalue weighted by Crippen LogP contribution is -2.34. The Labute approximate surface area is 185 Å². The van der Waals surface area contributed by atoms with Crippen LogP contribution in [0, 0.1) is 0 Å². The van der Waals surface area contributed by atoms with Crippen molar-refractivity contribution in [1.29, 1.82) is 0 Å². The molecule has 0 aliphatic rings. The van der Waals surface area contributed by atoms with Crippen molar-refractivity contribution >= 4 is 28.9 Å². The van der Waals surface area contributed by atoms with Crippen molar-refractivity contribution in [2.75, 3.05) is 18.5 Å². The van der Waals surface area contributed by atoms with Crippen LogP contribution in [-0.4, -0.2) is 24.2 Å². The quantitative estimate of drug-likeness (QED) is 0.323. The van der Waals surface area contributed by atoms with Crippen molar-refractivity contribution in [3.8, 4) is 11.5 Å². The summed E-state index contributed by atoms with van der Waals surface area (Å²) in [5, 5.41) is 5.95. The van der Waals surface area contributed by atoms with Crippen LogP contribution < -0.4 is 20.1 Å². The van der Waals surface area contributed by atoms with Crippen LogP contribution in [0.25, 0.3) is 0 Å². The van der Waals surface area contributed by atoms with E-state index in [9.17, 15) is 4.79 Å². The number of hydrogen-bond donors (Lipinski definition) is 2. The number of amides is 1. The summed E-state index contributed by atoms with van der Waals surface area (Å²) in [6.07, 6.45) is 7.02. The molecule has 2 N–H and O–H groups in total. The van der Waals surface area contributed by atoms with Crippen molar-refractivity contribution in [2.24, 2.45) is 0 Å². The Morgan fingerprint density at radius 2 is 1.40 bits per heavy atom. The zero-order valence-corrected chi connectivity index (χ0v) is 18.7. The van der Waals surface area contributed by atoms with E-state index in [1.165, 1.54) is 25.7 Å². The van der Waals surface area contributed by atoms with E-state index in [0.717, 1.165) is 36.6 Å². The van der Waals surface area contributed by atoms with Gasteiger partial charge in [-0.1, -0.05) is 39.5 Å². The molecule has 0 heterocycles. The van der Waals surface area contributed by atoms with Crippen LogP contribution in [0.4, 0.5) is 5.69 Å². The predicted octanol–water partition coefficient (Wildman–Crippen LogP) is 5.95. The summed E-state index contributed by atoms with van der Waals surface area (Å²) in [6.45, 7) is 5.64. The first-order valence-electron chi connectivity index (χ1n) is 10.7. The molecule has 0 spiro atoms. The third kappa shape index (κ3) is 8.82. The molecule has 0 fully saturated rings. The SMILES string of the molecule is CCCCCCCOc1ccc(NC(=S)NC(=O)c2ccc(OCCC)cc2)cc1. The fourth-order valence-electron chi connectivity index (χ4n) is 2.79. The molecule has 0 saturated heterocycles. The second kappa shape index (κ2) is 13.6. The van der Waals surface area contributed by atoms with E-state index in [0.29, 0.717) is 12.2 Å². The zero-order chi connectivity index (χ0) is 21.6. The normalized spacial score (nSPS) is 10.3. The lowest BCUT2D eigenvalue weighted by molar-refractivity contribution is 0.0977. The summed E-state index contributed by atoms with van der Waals surface area (Å²) < 4.78 is 11.3. The van der Waals surface area contributed by atoms with Crippen LogP contribution in [-0.2, 0) is 0 Å². The first kappa shape index (κ1) is 23.7. The summed E-state index contributed by atoms with van der Waals surface area (Å²) in [5.41, 5.74) is 1.31. The highest BCUT2D eigenvalue weighted by Gasteiger charge is 2.08. The molecular weight excluding hydrogens is 396 g/mol. The number of unbranched alkanes of at least 4 members (excludes halogenated alkanes) is 4. The Morgan fingerprint density at radius 1 is 0.800 bits per heavy atom. The highest BCUT2D eigenvalue weighted by atomic mass is 32.1. The van der Waals surface area contributed by atoms with Gasteiger partial charge >= 0.3 is 0 Å². The van der Waals surface area contributed by atoms with Crippen LogP contribution in [0.5, 0.6) is 11.5 Å². The molecule has 0 aromatic heterocycles. The van der Waals surface area contributed by atoms with Gasteiger partial charge in [-0.3, -0.25) is 10.1 Å². The molecule has 1 amide bonds. The second-order valence-corrected chi connectivity index (χ2v) is 7.48. The van der Waals surface area contributed by atoms with E-state index in [1.807, 2.05) is 31.2 Å². The molecule has 162 valence electrons. The molecule has 0 radical (unpaired) electrons. The van der Waals surface area contributed by atoms with Crippen molar-refractivity contribution in [2.45, 2.75) is 52.4 Å². The van der Waals surface area contributed by atoms with Gasteiger partial charge in [0.2, 0.25) is 0 Å². The summed E-state index contributed by atoms with van der Waals surface area (Å²) in [4.78, 5) is 12.3. The molecule has 5 nitrogen and oxygen atoms in total. The predicted molar refractivity (Wildman–Crippen MR) is 127 cm³/mol. The topological polar surface area (TPSA) is 59.6 Å². The minimum Gasteiger partial charge on any atom is -0.494 e. The van der Waals surface area contributed by atoms with Gasteiger partial charge in [0.1, 0.15) is 11.5 Å². The van der Waals surface area contributed by atoms with Crippen molar-refractivity contribution in [3.63, 3.8) is 0 Å². The van der Waals surface area contributed by atoms with Gasteiger partial charge in [-0.05, 0) is 73.6 Å². The van der Waals surface area contributed by atoms with Crippen molar-refractivity contribution in [3.05, 3.63) is 54.1 Å². The fourth-order valence-corrected chi connectivity index (χ4v) is 3.00. The van der Waals surface area contributed by atoms with Crippen molar-refractivity contribution in [1.82, 2.24) is 5.32 Å². The standard InChI is InChI=1S/C24H32N2O3S/c1-3-5-6-7-8-18-29-22-15-11-20(12-16-22)25-24(30)26-23(27)19-9-13-21(14-10-19)28-17-4-2/h9-16H,3-8,17-18H2,1-2H3,(H2,25,26,27,30). The van der Waals surface area contributed by atoms with E-state index in [2.05, 4.69) is 17.6 Å². The Kier molecular flexibility index (Phi) is 10.7. The van der Waals surface area contributed by atoms with Gasteiger partial charge in [0, 0.05) is 11.3 Å². The Morgan fingerprint density at radius 3 is 2.03 bits per heavy atom. The molecule has 2 rings (SSSR count). The number of rotatable bonds is 12. The lowest BCUT2D eigenvalue weighted by Gasteiger charge is -2.11. The number of anilines is 1. The van der Waals surface area contributed by atoms with Crippen LogP contribution >= 0.6 is 12.2 Å². The number of thiocarbonyl (C=S) groups is 1. The fraction of sp³-hybridized carbons (Fsp3) is 0.417. The molecule has 0 saturated carbocycles. The monoisotopic (exact) mass is 428 g/mol. The minimum absolute atomic E-state index is 0.246. The Hall–Kier alpha value is -2.60. The average Bonchev–Trinajstić information content (AvgIpc) is 2.76. The lowest BCUT2D eigenvalue weighted by atomic mass is 10.2. The number of ether oxygens (including phenoxy) is 2. The van der Waals surface area contributed by atoms with Gasteiger partial charge in [0.25, 0.3) is 5.91 Å². The van der Waals surface area contributed by atoms with Gasteiger partial charge < -0.3 is 14.8 Å². The van der Waals surface area contributed by atoms with Gasteiger partial charge in [0.15, 0.2) is 5.11 Å². The Balaban J connectivity index is 1.74. The average molecular weight is 429 g/mol. The number of carbonyl (C=O) groups excluding carboxylic acids is 1. The largest absolute Gasteiger partial charge is 0.494 e. The number of nitrogens with one attached hydrogen (secondary N) is 2. The number of benzene rings is 2. The Bertz CT molecular complexity index is 776. The molecule has 0 atom stereocenters. The smallest absolute Gasteiger partial charge is 0.257 e. The summed E-state index contributed by atoms with van der Waals surface area (Å²) in [6, 6.07) is 14.6. The van der Waals surface area contributed by atoms with Crippen LogP contribution in [0.2, 0.25) is 0 Å². The summed E-state index contributed by atoms with van der Waals surface area (Å²) >= 11 is 5.25. The maximum Gasteiger partial charge on any atom is 0.257 e. The molecule has 0 aliphatic heterocycles. The second-order valence-electron chi connectivity index (χ2n) is 7.07. The first-order valence-corrected chi connectivity index (χ1v) is 11.1. The van der Waals surface area contributed by atoms with E-state index in [1.54, 1.807) is 24.3 Å². The van der Waals surface area contributed by atoms with Gasteiger partial charge in [0.05, 0.1) is 13.2 Å². The van der Waals surface area contributed by atoms with E-state index in [-0.39, 0.29) is 11.0 Å². The van der Waals surface area contributed by atoms with Gasteiger partial charge in [-0.2, -0.15) is 0 Å². The molecule has 2 aromatic carbocycles. The maximum absolute atomic E-state index is 12.3. The highest BCUT2D eigenvalue weighted by Crippen LogP contribution is 2.17. The molecule has 0 bridgehead atoms. The highest BCUT2D eigenvalue weighted by molar-refractivity contribution is 7.80. The molecular formula is C24H32N2O3S. The van der Waals surface area contributed by atoms with Gasteiger partial charge in [-0.25, -0.2) is 0 Å². The van der Waals surface area contributed by atoms with Gasteiger partial charge in [-0.15, -0.1) is 0 Å². The molecule has 2 aromatic rings. The molecule has 0 unspecified atom stereocenters. The van der Waals surface area contributed by atoms with Crippen molar-refractivity contribution < 1.29 is 14.3 Å². The van der Waals surface area contributed by atoms with E-state index in [4.69, 9.17) is 21.7 Å². The zero-order valence-electron chi connectivity index (χ0n) is 17.9. The number of carbonyl (C=O) groups is 1. The molecule has 6 heteroatoms. The first-order chi connectivity index (χ1) is 14.6. The summed E-state index contributed by atoms with van der Waals surface area (Å²) in [7, 11) is 0. The van der Waals surface area contributed by atoms with E-state index < -0.39 is 0 Å². The minimum atomic E-state index is -0.266. The van der Waals surface area contributed by atoms with Crippen LogP contribution in [0.15, 0.2) is 48.5 Å². The van der Waals surface area contributed by atoms with Crippen LogP contribution in [0.1, 0.15) is 62.7 Å². The molecule has 0 aliphatic carbocycles. The molecule has 30 heavy (non-hydrogen) atoms. The third-order valence-corrected chi connectivity index (χ3v) is 4.65. The van der Waals surface area contributed by atoms with E-state index >= 15 is 0 Å². The maximum atomic E-state index is 12.3.